The van der Waals surface area contributed by atoms with Crippen molar-refractivity contribution in [3.05, 3.63) is 21.9 Å². The van der Waals surface area contributed by atoms with E-state index in [9.17, 15) is 9.90 Å². The highest BCUT2D eigenvalue weighted by Crippen LogP contribution is 2.25. The first-order valence-corrected chi connectivity index (χ1v) is 6.61. The van der Waals surface area contributed by atoms with E-state index >= 15 is 0 Å². The van der Waals surface area contributed by atoms with Gasteiger partial charge in [-0.05, 0) is 30.7 Å². The van der Waals surface area contributed by atoms with Crippen molar-refractivity contribution in [2.75, 3.05) is 6.61 Å². The second kappa shape index (κ2) is 4.97. The van der Waals surface area contributed by atoms with Gasteiger partial charge >= 0.3 is 0 Å². The summed E-state index contributed by atoms with van der Waals surface area (Å²) in [4.78, 5) is 12.0. The van der Waals surface area contributed by atoms with E-state index in [1.165, 1.54) is 0 Å². The van der Waals surface area contributed by atoms with Gasteiger partial charge in [-0.1, -0.05) is 6.42 Å². The largest absolute Gasteiger partial charge is 0.396 e. The van der Waals surface area contributed by atoms with Crippen LogP contribution < -0.4 is 5.32 Å². The first-order chi connectivity index (χ1) is 7.72. The normalized spacial score (nSPS) is 24.6. The van der Waals surface area contributed by atoms with Gasteiger partial charge in [0.1, 0.15) is 0 Å². The van der Waals surface area contributed by atoms with Gasteiger partial charge in [0.25, 0.3) is 5.91 Å². The Morgan fingerprint density at radius 2 is 2.38 bits per heavy atom. The topological polar surface area (TPSA) is 49.3 Å². The monoisotopic (exact) mass is 239 g/mol. The maximum atomic E-state index is 12.0. The average Bonchev–Trinajstić information content (AvgIpc) is 2.86. The summed E-state index contributed by atoms with van der Waals surface area (Å²) in [5, 5.41) is 16.1. The number of aliphatic hydroxyl groups is 1. The van der Waals surface area contributed by atoms with Crippen molar-refractivity contribution in [3.63, 3.8) is 0 Å². The van der Waals surface area contributed by atoms with Gasteiger partial charge in [0.15, 0.2) is 0 Å². The van der Waals surface area contributed by atoms with Crippen LogP contribution in [0.5, 0.6) is 0 Å². The van der Waals surface area contributed by atoms with E-state index in [-0.39, 0.29) is 24.5 Å². The third-order valence-electron chi connectivity index (χ3n) is 3.31. The van der Waals surface area contributed by atoms with E-state index in [0.717, 1.165) is 30.4 Å². The van der Waals surface area contributed by atoms with Crippen LogP contribution in [0, 0.1) is 12.8 Å². The fourth-order valence-corrected chi connectivity index (χ4v) is 3.11. The predicted octanol–water partition coefficient (Wildman–Crippen LogP) is 1.95. The lowest BCUT2D eigenvalue weighted by Crippen LogP contribution is -2.38. The van der Waals surface area contributed by atoms with Crippen molar-refractivity contribution in [2.24, 2.45) is 5.92 Å². The molecule has 2 unspecified atom stereocenters. The summed E-state index contributed by atoms with van der Waals surface area (Å²) in [6.45, 7) is 2.12. The van der Waals surface area contributed by atoms with Crippen molar-refractivity contribution in [1.82, 2.24) is 5.32 Å². The Hall–Kier alpha value is -0.870. The fraction of sp³-hybridized carbons (Fsp3) is 0.583. The van der Waals surface area contributed by atoms with Gasteiger partial charge in [0, 0.05) is 23.9 Å². The third-order valence-corrected chi connectivity index (χ3v) is 4.17. The summed E-state index contributed by atoms with van der Waals surface area (Å²) in [5.41, 5.74) is 1.80. The van der Waals surface area contributed by atoms with Gasteiger partial charge in [-0.2, -0.15) is 11.3 Å². The Labute approximate surface area is 99.5 Å². The van der Waals surface area contributed by atoms with E-state index < -0.39 is 0 Å². The van der Waals surface area contributed by atoms with Crippen LogP contribution in [0.25, 0.3) is 0 Å². The molecule has 88 valence electrons. The molecule has 0 saturated heterocycles. The van der Waals surface area contributed by atoms with Crippen molar-refractivity contribution in [1.29, 1.82) is 0 Å². The number of nitrogens with one attached hydrogen (secondary N) is 1. The Bertz CT molecular complexity index is 375. The van der Waals surface area contributed by atoms with Crippen LogP contribution in [-0.2, 0) is 0 Å². The molecule has 1 fully saturated rings. The number of hydrogen-bond donors (Lipinski definition) is 2. The molecule has 1 amide bonds. The molecule has 0 radical (unpaired) electrons. The smallest absolute Gasteiger partial charge is 0.252 e. The molecule has 16 heavy (non-hydrogen) atoms. The van der Waals surface area contributed by atoms with Gasteiger partial charge in [-0.15, -0.1) is 0 Å². The number of hydrogen-bond acceptors (Lipinski definition) is 3. The SMILES string of the molecule is Cc1cscc1C(=O)NC1CCCC1CO. The summed E-state index contributed by atoms with van der Waals surface area (Å²) >= 11 is 1.55. The van der Waals surface area contributed by atoms with Crippen LogP contribution in [0.4, 0.5) is 0 Å². The average molecular weight is 239 g/mol. The van der Waals surface area contributed by atoms with E-state index in [2.05, 4.69) is 5.32 Å². The maximum Gasteiger partial charge on any atom is 0.252 e. The number of amides is 1. The molecular weight excluding hydrogens is 222 g/mol. The van der Waals surface area contributed by atoms with E-state index in [1.807, 2.05) is 17.7 Å². The molecule has 0 aromatic carbocycles. The number of aliphatic hydroxyl groups excluding tert-OH is 1. The minimum atomic E-state index is 0.00380. The Balaban J connectivity index is 2.00. The van der Waals surface area contributed by atoms with Crippen LogP contribution in [0.3, 0.4) is 0 Å². The summed E-state index contributed by atoms with van der Waals surface area (Å²) in [6, 6.07) is 0.150. The number of aryl methyl sites for hydroxylation is 1. The lowest BCUT2D eigenvalue weighted by atomic mass is 10.0. The van der Waals surface area contributed by atoms with E-state index in [1.54, 1.807) is 11.3 Å². The molecule has 1 heterocycles. The Kier molecular flexibility index (Phi) is 3.61. The third kappa shape index (κ3) is 2.28. The van der Waals surface area contributed by atoms with E-state index in [0.29, 0.717) is 0 Å². The first kappa shape index (κ1) is 11.6. The van der Waals surface area contributed by atoms with E-state index in [4.69, 9.17) is 0 Å². The highest BCUT2D eigenvalue weighted by Gasteiger charge is 2.28. The summed E-state index contributed by atoms with van der Waals surface area (Å²) < 4.78 is 0. The molecule has 3 nitrogen and oxygen atoms in total. The highest BCUT2D eigenvalue weighted by molar-refractivity contribution is 7.08. The number of carbonyl (C=O) groups is 1. The van der Waals surface area contributed by atoms with Crippen molar-refractivity contribution < 1.29 is 9.90 Å². The zero-order valence-corrected chi connectivity index (χ0v) is 10.2. The molecule has 1 saturated carbocycles. The molecule has 1 aliphatic carbocycles. The van der Waals surface area contributed by atoms with Gasteiger partial charge in [-0.25, -0.2) is 0 Å². The zero-order valence-electron chi connectivity index (χ0n) is 9.40. The molecule has 0 aliphatic heterocycles. The van der Waals surface area contributed by atoms with Crippen LogP contribution >= 0.6 is 11.3 Å². The lowest BCUT2D eigenvalue weighted by molar-refractivity contribution is 0.0916. The predicted molar refractivity (Wildman–Crippen MR) is 64.7 cm³/mol. The molecule has 1 aliphatic rings. The maximum absolute atomic E-state index is 12.0. The molecule has 1 aromatic heterocycles. The van der Waals surface area contributed by atoms with Crippen molar-refractivity contribution in [3.8, 4) is 0 Å². The van der Waals surface area contributed by atoms with Gasteiger partial charge < -0.3 is 10.4 Å². The van der Waals surface area contributed by atoms with Crippen LogP contribution in [0.2, 0.25) is 0 Å². The molecule has 0 bridgehead atoms. The summed E-state index contributed by atoms with van der Waals surface area (Å²) in [7, 11) is 0. The summed E-state index contributed by atoms with van der Waals surface area (Å²) in [6.07, 6.45) is 3.10. The fourth-order valence-electron chi connectivity index (χ4n) is 2.28. The summed E-state index contributed by atoms with van der Waals surface area (Å²) in [5.74, 6) is 0.243. The highest BCUT2D eigenvalue weighted by atomic mass is 32.1. The zero-order chi connectivity index (χ0) is 11.5. The number of rotatable bonds is 3. The molecule has 2 N–H and O–H groups in total. The van der Waals surface area contributed by atoms with Gasteiger partial charge in [0.2, 0.25) is 0 Å². The second-order valence-electron chi connectivity index (χ2n) is 4.42. The molecule has 1 aromatic rings. The van der Waals surface area contributed by atoms with Crippen LogP contribution in [0.15, 0.2) is 10.8 Å². The first-order valence-electron chi connectivity index (χ1n) is 5.67. The van der Waals surface area contributed by atoms with Crippen LogP contribution in [-0.4, -0.2) is 23.7 Å². The van der Waals surface area contributed by atoms with Crippen LogP contribution in [0.1, 0.15) is 35.2 Å². The number of thiophene rings is 1. The molecule has 4 heteroatoms. The minimum absolute atomic E-state index is 0.00380. The Morgan fingerprint density at radius 1 is 1.56 bits per heavy atom. The molecular formula is C12H17NO2S. The second-order valence-corrected chi connectivity index (χ2v) is 5.17. The van der Waals surface area contributed by atoms with Gasteiger partial charge in [0.05, 0.1) is 5.56 Å². The molecule has 2 atom stereocenters. The standard InChI is InChI=1S/C12H17NO2S/c1-8-6-16-7-10(8)12(15)13-11-4-2-3-9(11)5-14/h6-7,9,11,14H,2-5H2,1H3,(H,13,15). The van der Waals surface area contributed by atoms with Gasteiger partial charge in [-0.3, -0.25) is 4.79 Å². The molecule has 0 spiro atoms. The quantitative estimate of drug-likeness (QED) is 0.847. The van der Waals surface area contributed by atoms with Crippen molar-refractivity contribution in [2.45, 2.75) is 32.2 Å². The lowest BCUT2D eigenvalue weighted by Gasteiger charge is -2.18. The minimum Gasteiger partial charge on any atom is -0.396 e. The van der Waals surface area contributed by atoms with Crippen molar-refractivity contribution >= 4 is 17.2 Å². The number of carbonyl (C=O) groups excluding carboxylic acids is 1. The molecule has 2 rings (SSSR count). The Morgan fingerprint density at radius 3 is 3.00 bits per heavy atom.